The molecule has 3 aromatic rings. The van der Waals surface area contributed by atoms with Crippen molar-refractivity contribution in [2.45, 2.75) is 26.3 Å². The molecule has 0 fully saturated rings. The van der Waals surface area contributed by atoms with Gasteiger partial charge in [0.2, 0.25) is 0 Å². The van der Waals surface area contributed by atoms with E-state index in [9.17, 15) is 0 Å². The van der Waals surface area contributed by atoms with E-state index in [1.165, 1.54) is 0 Å². The zero-order valence-corrected chi connectivity index (χ0v) is 19.6. The minimum Gasteiger partial charge on any atom is -0.357 e. The van der Waals surface area contributed by atoms with E-state index in [1.807, 2.05) is 59.7 Å². The Labute approximate surface area is 187 Å². The molecule has 3 aromatic heterocycles. The van der Waals surface area contributed by atoms with E-state index in [0.717, 1.165) is 60.6 Å². The van der Waals surface area contributed by atoms with Crippen molar-refractivity contribution in [3.63, 3.8) is 0 Å². The minimum absolute atomic E-state index is 0. The van der Waals surface area contributed by atoms with E-state index in [1.54, 1.807) is 0 Å². The molecule has 0 aliphatic carbocycles. The monoisotopic (exact) mass is 515 g/mol. The number of halogens is 2. The molecule has 0 atom stereocenters. The highest BCUT2D eigenvalue weighted by Gasteiger charge is 2.10. The summed E-state index contributed by atoms with van der Waals surface area (Å²) in [5.41, 5.74) is 2.02. The third kappa shape index (κ3) is 5.60. The number of guanidine groups is 1. The highest BCUT2D eigenvalue weighted by atomic mass is 127. The number of aryl methyl sites for hydroxylation is 2. The number of hydrogen-bond donors (Lipinski definition) is 1. The van der Waals surface area contributed by atoms with Gasteiger partial charge in [-0.2, -0.15) is 0 Å². The van der Waals surface area contributed by atoms with Crippen LogP contribution < -0.4 is 5.32 Å². The standard InChI is InChI=1S/C19H26ClN7.HI/c1-4-21-19(26(3)14-16-12-15(20)13-25(16)2)22-10-7-9-18-24-23-17-8-5-6-11-27(17)18;/h5-6,8,11-13H,4,7,9-10,14H2,1-3H3,(H,21,22);1H. The largest absolute Gasteiger partial charge is 0.357 e. The van der Waals surface area contributed by atoms with Crippen LogP contribution in [-0.4, -0.2) is 50.2 Å². The molecule has 28 heavy (non-hydrogen) atoms. The molecule has 3 heterocycles. The Balaban J connectivity index is 0.00000280. The van der Waals surface area contributed by atoms with Gasteiger partial charge in [0.25, 0.3) is 0 Å². The fourth-order valence-corrected chi connectivity index (χ4v) is 3.27. The Hall–Kier alpha value is -1.81. The smallest absolute Gasteiger partial charge is 0.194 e. The molecule has 0 aromatic carbocycles. The predicted octanol–water partition coefficient (Wildman–Crippen LogP) is 3.37. The summed E-state index contributed by atoms with van der Waals surface area (Å²) in [6.07, 6.45) is 5.66. The van der Waals surface area contributed by atoms with Crippen molar-refractivity contribution in [3.8, 4) is 0 Å². The Kier molecular flexibility index (Phi) is 8.56. The molecule has 0 bridgehead atoms. The maximum Gasteiger partial charge on any atom is 0.194 e. The summed E-state index contributed by atoms with van der Waals surface area (Å²) in [6, 6.07) is 7.91. The molecule has 1 N–H and O–H groups in total. The first-order chi connectivity index (χ1) is 13.1. The van der Waals surface area contributed by atoms with Gasteiger partial charge >= 0.3 is 0 Å². The van der Waals surface area contributed by atoms with Crippen LogP contribution in [-0.2, 0) is 20.0 Å². The summed E-state index contributed by atoms with van der Waals surface area (Å²) in [6.45, 7) is 4.36. The van der Waals surface area contributed by atoms with Crippen molar-refractivity contribution in [3.05, 3.63) is 53.2 Å². The molecule has 0 unspecified atom stereocenters. The summed E-state index contributed by atoms with van der Waals surface area (Å²) < 4.78 is 4.07. The molecule has 0 spiro atoms. The van der Waals surface area contributed by atoms with Crippen LogP contribution in [0.15, 0.2) is 41.7 Å². The second-order valence-electron chi connectivity index (χ2n) is 6.50. The summed E-state index contributed by atoms with van der Waals surface area (Å²) >= 11 is 6.08. The third-order valence-electron chi connectivity index (χ3n) is 4.37. The number of pyridine rings is 1. The van der Waals surface area contributed by atoms with Crippen LogP contribution in [0.5, 0.6) is 0 Å². The van der Waals surface area contributed by atoms with Crippen molar-refractivity contribution >= 4 is 47.2 Å². The Morgan fingerprint density at radius 2 is 2.14 bits per heavy atom. The zero-order chi connectivity index (χ0) is 19.2. The summed E-state index contributed by atoms with van der Waals surface area (Å²) in [7, 11) is 4.04. The van der Waals surface area contributed by atoms with Crippen molar-refractivity contribution in [2.75, 3.05) is 20.1 Å². The second-order valence-corrected chi connectivity index (χ2v) is 6.94. The zero-order valence-electron chi connectivity index (χ0n) is 16.5. The normalized spacial score (nSPS) is 11.5. The average Bonchev–Trinajstić information content (AvgIpc) is 3.20. The third-order valence-corrected chi connectivity index (χ3v) is 4.58. The summed E-state index contributed by atoms with van der Waals surface area (Å²) in [5.74, 6) is 1.86. The minimum atomic E-state index is 0. The van der Waals surface area contributed by atoms with Crippen molar-refractivity contribution in [1.29, 1.82) is 0 Å². The van der Waals surface area contributed by atoms with Crippen LogP contribution in [0.2, 0.25) is 5.02 Å². The van der Waals surface area contributed by atoms with Gasteiger partial charge in [-0.15, -0.1) is 34.2 Å². The van der Waals surface area contributed by atoms with Crippen molar-refractivity contribution in [1.82, 2.24) is 29.4 Å². The lowest BCUT2D eigenvalue weighted by Crippen LogP contribution is -2.38. The van der Waals surface area contributed by atoms with E-state index < -0.39 is 0 Å². The molecule has 3 rings (SSSR count). The molecule has 0 aliphatic heterocycles. The fourth-order valence-electron chi connectivity index (χ4n) is 2.99. The number of rotatable bonds is 7. The topological polar surface area (TPSA) is 62.8 Å². The van der Waals surface area contributed by atoms with Gasteiger partial charge in [0.05, 0.1) is 11.6 Å². The molecular weight excluding hydrogens is 489 g/mol. The quantitative estimate of drug-likeness (QED) is 0.227. The molecule has 7 nitrogen and oxygen atoms in total. The molecule has 0 saturated heterocycles. The van der Waals surface area contributed by atoms with Gasteiger partial charge in [0, 0.05) is 51.7 Å². The molecule has 9 heteroatoms. The second kappa shape index (κ2) is 10.7. The Bertz CT molecular complexity index is 918. The molecular formula is C19H27ClIN7. The lowest BCUT2D eigenvalue weighted by molar-refractivity contribution is 0.461. The number of nitrogens with zero attached hydrogens (tertiary/aromatic N) is 6. The molecule has 152 valence electrons. The van der Waals surface area contributed by atoms with Crippen LogP contribution in [0.1, 0.15) is 24.9 Å². The molecule has 0 amide bonds. The Morgan fingerprint density at radius 1 is 1.32 bits per heavy atom. The van der Waals surface area contributed by atoms with Gasteiger partial charge in [0.15, 0.2) is 11.6 Å². The van der Waals surface area contributed by atoms with Crippen molar-refractivity contribution in [2.24, 2.45) is 12.0 Å². The number of nitrogens with one attached hydrogen (secondary N) is 1. The number of fused-ring (bicyclic) bond motifs is 1. The first-order valence-corrected chi connectivity index (χ1v) is 9.55. The van der Waals surface area contributed by atoms with Crippen LogP contribution in [0.4, 0.5) is 0 Å². The van der Waals surface area contributed by atoms with E-state index in [-0.39, 0.29) is 24.0 Å². The van der Waals surface area contributed by atoms with Crippen LogP contribution in [0, 0.1) is 0 Å². The average molecular weight is 516 g/mol. The molecule has 0 saturated carbocycles. The molecule has 0 radical (unpaired) electrons. The van der Waals surface area contributed by atoms with E-state index in [2.05, 4.69) is 27.3 Å². The lowest BCUT2D eigenvalue weighted by atomic mass is 10.3. The number of aliphatic imine (C=N–C) groups is 1. The van der Waals surface area contributed by atoms with Crippen molar-refractivity contribution < 1.29 is 0 Å². The first-order valence-electron chi connectivity index (χ1n) is 9.17. The van der Waals surface area contributed by atoms with Gasteiger partial charge in [0.1, 0.15) is 5.82 Å². The van der Waals surface area contributed by atoms with Gasteiger partial charge < -0.3 is 14.8 Å². The van der Waals surface area contributed by atoms with Crippen LogP contribution >= 0.6 is 35.6 Å². The molecule has 0 aliphatic rings. The maximum atomic E-state index is 6.08. The predicted molar refractivity (Wildman–Crippen MR) is 125 cm³/mol. The van der Waals surface area contributed by atoms with Crippen LogP contribution in [0.25, 0.3) is 5.65 Å². The Morgan fingerprint density at radius 3 is 2.86 bits per heavy atom. The first kappa shape index (κ1) is 22.5. The van der Waals surface area contributed by atoms with E-state index in [4.69, 9.17) is 16.6 Å². The number of aromatic nitrogens is 4. The van der Waals surface area contributed by atoms with Gasteiger partial charge in [-0.3, -0.25) is 9.39 Å². The van der Waals surface area contributed by atoms with Crippen LogP contribution in [0.3, 0.4) is 0 Å². The van der Waals surface area contributed by atoms with E-state index in [0.29, 0.717) is 0 Å². The highest BCUT2D eigenvalue weighted by Crippen LogP contribution is 2.14. The van der Waals surface area contributed by atoms with Gasteiger partial charge in [-0.25, -0.2) is 0 Å². The maximum absolute atomic E-state index is 6.08. The lowest BCUT2D eigenvalue weighted by Gasteiger charge is -2.22. The number of hydrogen-bond acceptors (Lipinski definition) is 3. The van der Waals surface area contributed by atoms with Gasteiger partial charge in [-0.1, -0.05) is 17.7 Å². The van der Waals surface area contributed by atoms with E-state index >= 15 is 0 Å². The summed E-state index contributed by atoms with van der Waals surface area (Å²) in [5, 5.41) is 12.6. The SMILES string of the molecule is CCNC(=NCCCc1nnc2ccccn12)N(C)Cc1cc(Cl)cn1C.I. The fraction of sp³-hybridized carbons (Fsp3) is 0.421. The summed E-state index contributed by atoms with van der Waals surface area (Å²) in [4.78, 5) is 6.87. The van der Waals surface area contributed by atoms with Gasteiger partial charge in [-0.05, 0) is 31.5 Å². The highest BCUT2D eigenvalue weighted by molar-refractivity contribution is 14.0.